The Kier molecular flexibility index (Phi) is 4.00. The Bertz CT molecular complexity index is 418. The van der Waals surface area contributed by atoms with Gasteiger partial charge < -0.3 is 16.2 Å². The fourth-order valence-electron chi connectivity index (χ4n) is 1.21. The molecule has 5 nitrogen and oxygen atoms in total. The van der Waals surface area contributed by atoms with E-state index in [4.69, 9.17) is 5.73 Å². The highest BCUT2D eigenvalue weighted by Crippen LogP contribution is 2.28. The van der Waals surface area contributed by atoms with E-state index in [2.05, 4.69) is 15.3 Å². The zero-order valence-corrected chi connectivity index (χ0v) is 10.0. The van der Waals surface area contributed by atoms with Gasteiger partial charge in [0.1, 0.15) is 11.6 Å². The van der Waals surface area contributed by atoms with Gasteiger partial charge in [0.05, 0.1) is 12.1 Å². The Morgan fingerprint density at radius 2 is 2.00 bits per heavy atom. The van der Waals surface area contributed by atoms with Gasteiger partial charge in [-0.3, -0.25) is 0 Å². The minimum absolute atomic E-state index is 0.0618. The van der Waals surface area contributed by atoms with Gasteiger partial charge in [0.25, 0.3) is 0 Å². The highest BCUT2D eigenvalue weighted by molar-refractivity contribution is 5.46. The normalized spacial score (nSPS) is 15.2. The molecule has 1 rings (SSSR count). The predicted molar refractivity (Wildman–Crippen MR) is 60.9 cm³/mol. The van der Waals surface area contributed by atoms with Gasteiger partial charge in [-0.25, -0.2) is 9.97 Å². The van der Waals surface area contributed by atoms with Crippen molar-refractivity contribution in [2.75, 3.05) is 17.7 Å². The molecule has 0 radical (unpaired) electrons. The SMILES string of the molecule is CCC(C)(CO)Nc1cc(N)nc(C(F)(F)F)n1. The lowest BCUT2D eigenvalue weighted by molar-refractivity contribution is -0.144. The Morgan fingerprint density at radius 1 is 1.39 bits per heavy atom. The molecule has 0 bridgehead atoms. The monoisotopic (exact) mass is 264 g/mol. The number of anilines is 2. The summed E-state index contributed by atoms with van der Waals surface area (Å²) in [6.45, 7) is 3.21. The van der Waals surface area contributed by atoms with Crippen LogP contribution < -0.4 is 11.1 Å². The summed E-state index contributed by atoms with van der Waals surface area (Å²) >= 11 is 0. The summed E-state index contributed by atoms with van der Waals surface area (Å²) in [7, 11) is 0. The first kappa shape index (κ1) is 14.5. The van der Waals surface area contributed by atoms with Crippen LogP contribution in [0.4, 0.5) is 24.8 Å². The zero-order chi connectivity index (χ0) is 14.0. The molecule has 102 valence electrons. The van der Waals surface area contributed by atoms with E-state index >= 15 is 0 Å². The van der Waals surface area contributed by atoms with Crippen molar-refractivity contribution in [3.8, 4) is 0 Å². The number of aromatic nitrogens is 2. The van der Waals surface area contributed by atoms with Crippen LogP contribution in [0.5, 0.6) is 0 Å². The summed E-state index contributed by atoms with van der Waals surface area (Å²) in [5, 5.41) is 11.9. The average Bonchev–Trinajstić information content (AvgIpc) is 2.27. The van der Waals surface area contributed by atoms with Crippen LogP contribution in [-0.4, -0.2) is 27.2 Å². The van der Waals surface area contributed by atoms with Crippen LogP contribution >= 0.6 is 0 Å². The van der Waals surface area contributed by atoms with Gasteiger partial charge in [-0.05, 0) is 13.3 Å². The molecule has 0 aromatic carbocycles. The molecule has 1 heterocycles. The number of halogens is 3. The zero-order valence-electron chi connectivity index (χ0n) is 10.0. The molecule has 1 aromatic rings. The second kappa shape index (κ2) is 4.97. The van der Waals surface area contributed by atoms with Crippen molar-refractivity contribution in [2.24, 2.45) is 0 Å². The minimum atomic E-state index is -4.66. The highest BCUT2D eigenvalue weighted by Gasteiger charge is 2.35. The third kappa shape index (κ3) is 3.46. The second-order valence-electron chi connectivity index (χ2n) is 4.20. The number of nitrogens with zero attached hydrogens (tertiary/aromatic N) is 2. The van der Waals surface area contributed by atoms with Crippen LogP contribution in [0.25, 0.3) is 0 Å². The third-order valence-electron chi connectivity index (χ3n) is 2.56. The smallest absolute Gasteiger partial charge is 0.394 e. The molecular formula is C10H15F3N4O. The number of rotatable bonds is 4. The number of aliphatic hydroxyl groups excluding tert-OH is 1. The van der Waals surface area contributed by atoms with E-state index < -0.39 is 17.5 Å². The van der Waals surface area contributed by atoms with Crippen molar-refractivity contribution >= 4 is 11.6 Å². The van der Waals surface area contributed by atoms with Crippen molar-refractivity contribution in [1.29, 1.82) is 0 Å². The largest absolute Gasteiger partial charge is 0.451 e. The quantitative estimate of drug-likeness (QED) is 0.770. The fraction of sp³-hybridized carbons (Fsp3) is 0.600. The Labute approximate surface area is 102 Å². The molecule has 18 heavy (non-hydrogen) atoms. The summed E-state index contributed by atoms with van der Waals surface area (Å²) in [6.07, 6.45) is -4.15. The predicted octanol–water partition coefficient (Wildman–Crippen LogP) is 1.65. The molecule has 0 fully saturated rings. The average molecular weight is 264 g/mol. The minimum Gasteiger partial charge on any atom is -0.394 e. The third-order valence-corrected chi connectivity index (χ3v) is 2.56. The van der Waals surface area contributed by atoms with Crippen molar-refractivity contribution in [2.45, 2.75) is 32.0 Å². The number of alkyl halides is 3. The maximum absolute atomic E-state index is 12.5. The number of nitrogens with two attached hydrogens (primary N) is 1. The van der Waals surface area contributed by atoms with Gasteiger partial charge in [0.2, 0.25) is 5.82 Å². The Hall–Kier alpha value is -1.57. The molecule has 1 aromatic heterocycles. The summed E-state index contributed by atoms with van der Waals surface area (Å²) < 4.78 is 37.5. The van der Waals surface area contributed by atoms with Crippen LogP contribution in [0.3, 0.4) is 0 Å². The molecule has 0 spiro atoms. The van der Waals surface area contributed by atoms with Gasteiger partial charge in [0.15, 0.2) is 0 Å². The first-order valence-corrected chi connectivity index (χ1v) is 5.31. The van der Waals surface area contributed by atoms with E-state index in [1.165, 1.54) is 6.07 Å². The van der Waals surface area contributed by atoms with Gasteiger partial charge in [-0.2, -0.15) is 13.2 Å². The van der Waals surface area contributed by atoms with E-state index in [1.807, 2.05) is 0 Å². The van der Waals surface area contributed by atoms with E-state index in [1.54, 1.807) is 13.8 Å². The van der Waals surface area contributed by atoms with Crippen molar-refractivity contribution in [3.05, 3.63) is 11.9 Å². The van der Waals surface area contributed by atoms with E-state index in [-0.39, 0.29) is 18.2 Å². The molecule has 0 aliphatic heterocycles. The number of hydrogen-bond donors (Lipinski definition) is 3. The lowest BCUT2D eigenvalue weighted by Gasteiger charge is -2.28. The maximum Gasteiger partial charge on any atom is 0.451 e. The highest BCUT2D eigenvalue weighted by atomic mass is 19.4. The topological polar surface area (TPSA) is 84.1 Å². The van der Waals surface area contributed by atoms with Gasteiger partial charge in [-0.15, -0.1) is 0 Å². The number of nitrogens with one attached hydrogen (secondary N) is 1. The van der Waals surface area contributed by atoms with Crippen molar-refractivity contribution < 1.29 is 18.3 Å². The van der Waals surface area contributed by atoms with Gasteiger partial charge >= 0.3 is 6.18 Å². The van der Waals surface area contributed by atoms with Crippen LogP contribution in [0.15, 0.2) is 6.07 Å². The molecule has 1 atom stereocenters. The van der Waals surface area contributed by atoms with E-state index in [0.29, 0.717) is 6.42 Å². The number of nitrogen functional groups attached to an aromatic ring is 1. The van der Waals surface area contributed by atoms with Crippen LogP contribution in [-0.2, 0) is 6.18 Å². The first-order chi connectivity index (χ1) is 8.20. The summed E-state index contributed by atoms with van der Waals surface area (Å²) in [6, 6.07) is 1.19. The summed E-state index contributed by atoms with van der Waals surface area (Å²) in [4.78, 5) is 6.47. The molecule has 0 amide bonds. The lowest BCUT2D eigenvalue weighted by atomic mass is 10.0. The molecule has 4 N–H and O–H groups in total. The van der Waals surface area contributed by atoms with Crippen molar-refractivity contribution in [3.63, 3.8) is 0 Å². The lowest BCUT2D eigenvalue weighted by Crippen LogP contribution is -2.38. The molecule has 0 saturated heterocycles. The maximum atomic E-state index is 12.5. The molecule has 8 heteroatoms. The van der Waals surface area contributed by atoms with E-state index in [9.17, 15) is 18.3 Å². The number of aliphatic hydroxyl groups is 1. The number of hydrogen-bond acceptors (Lipinski definition) is 5. The fourth-order valence-corrected chi connectivity index (χ4v) is 1.21. The Balaban J connectivity index is 3.08. The van der Waals surface area contributed by atoms with Crippen LogP contribution in [0.1, 0.15) is 26.1 Å². The van der Waals surface area contributed by atoms with Gasteiger partial charge in [0, 0.05) is 6.07 Å². The summed E-state index contributed by atoms with van der Waals surface area (Å²) in [5.74, 6) is -1.65. The molecule has 0 aliphatic rings. The Morgan fingerprint density at radius 3 is 2.44 bits per heavy atom. The molecule has 0 aliphatic carbocycles. The molecule has 1 unspecified atom stereocenters. The first-order valence-electron chi connectivity index (χ1n) is 5.31. The van der Waals surface area contributed by atoms with E-state index in [0.717, 1.165) is 0 Å². The van der Waals surface area contributed by atoms with Gasteiger partial charge in [-0.1, -0.05) is 6.92 Å². The van der Waals surface area contributed by atoms with Crippen molar-refractivity contribution in [1.82, 2.24) is 9.97 Å². The van der Waals surface area contributed by atoms with Crippen LogP contribution in [0, 0.1) is 0 Å². The molecule has 0 saturated carbocycles. The second-order valence-corrected chi connectivity index (χ2v) is 4.20. The van der Waals surface area contributed by atoms with Crippen LogP contribution in [0.2, 0.25) is 0 Å². The standard InChI is InChI=1S/C10H15F3N4O/c1-3-9(2,5-18)17-7-4-6(14)15-8(16-7)10(11,12)13/h4,18H,3,5H2,1-2H3,(H3,14,15,16,17). The summed E-state index contributed by atoms with van der Waals surface area (Å²) in [5.41, 5.74) is 4.54. The molecular weight excluding hydrogens is 249 g/mol.